The van der Waals surface area contributed by atoms with Gasteiger partial charge in [0.2, 0.25) is 0 Å². The number of aryl methyl sites for hydroxylation is 1. The van der Waals surface area contributed by atoms with Crippen molar-refractivity contribution in [3.63, 3.8) is 0 Å². The third-order valence-electron chi connectivity index (χ3n) is 1.68. The molecular formula is C7H5BrClN3. The Kier molecular flexibility index (Phi) is 1.81. The molecule has 0 fully saturated rings. The Balaban J connectivity index is 2.93. The van der Waals surface area contributed by atoms with Crippen molar-refractivity contribution >= 4 is 38.6 Å². The first-order valence-corrected chi connectivity index (χ1v) is 4.50. The van der Waals surface area contributed by atoms with Crippen LogP contribution >= 0.6 is 27.5 Å². The molecule has 0 radical (unpaired) electrons. The molecule has 3 nitrogen and oxygen atoms in total. The maximum absolute atomic E-state index is 5.98. The summed E-state index contributed by atoms with van der Waals surface area (Å²) in [6.07, 6.45) is 0. The molecule has 0 saturated heterocycles. The van der Waals surface area contributed by atoms with Crippen molar-refractivity contribution in [1.82, 2.24) is 15.0 Å². The molecule has 2 aromatic rings. The van der Waals surface area contributed by atoms with Gasteiger partial charge in [0.25, 0.3) is 0 Å². The molecule has 0 unspecified atom stereocenters. The first-order chi connectivity index (χ1) is 5.70. The lowest BCUT2D eigenvalue weighted by Crippen LogP contribution is -1.88. The summed E-state index contributed by atoms with van der Waals surface area (Å²) < 4.78 is 2.53. The number of rotatable bonds is 0. The summed E-state index contributed by atoms with van der Waals surface area (Å²) in [5.74, 6) is 0. The van der Waals surface area contributed by atoms with Crippen LogP contribution in [0, 0.1) is 0 Å². The molecule has 0 spiro atoms. The monoisotopic (exact) mass is 245 g/mol. The molecular weight excluding hydrogens is 241 g/mol. The molecule has 0 aliphatic heterocycles. The minimum atomic E-state index is 0.612. The standard InChI is InChI=1S/C7H5BrClN3/c1-12-5-3-2-4(8)6(9)7(5)10-11-12/h2-3H,1H3. The van der Waals surface area contributed by atoms with Crippen molar-refractivity contribution in [3.8, 4) is 0 Å². The van der Waals surface area contributed by atoms with Crippen LogP contribution in [0.15, 0.2) is 16.6 Å². The van der Waals surface area contributed by atoms with E-state index in [1.54, 1.807) is 4.68 Å². The second-order valence-electron chi connectivity index (χ2n) is 2.44. The molecule has 5 heteroatoms. The predicted molar refractivity (Wildman–Crippen MR) is 51.2 cm³/mol. The van der Waals surface area contributed by atoms with E-state index in [1.807, 2.05) is 19.2 Å². The molecule has 62 valence electrons. The predicted octanol–water partition coefficient (Wildman–Crippen LogP) is 2.38. The fourth-order valence-corrected chi connectivity index (χ4v) is 1.56. The van der Waals surface area contributed by atoms with Crippen LogP contribution < -0.4 is 0 Å². The van der Waals surface area contributed by atoms with Gasteiger partial charge in [-0.1, -0.05) is 16.8 Å². The second-order valence-corrected chi connectivity index (χ2v) is 3.67. The van der Waals surface area contributed by atoms with Crippen molar-refractivity contribution in [3.05, 3.63) is 21.6 Å². The van der Waals surface area contributed by atoms with Crippen molar-refractivity contribution in [2.24, 2.45) is 7.05 Å². The van der Waals surface area contributed by atoms with Crippen LogP contribution in [0.25, 0.3) is 11.0 Å². The molecule has 0 saturated carbocycles. The number of aromatic nitrogens is 3. The zero-order valence-corrected chi connectivity index (χ0v) is 8.59. The first-order valence-electron chi connectivity index (χ1n) is 3.33. The van der Waals surface area contributed by atoms with E-state index in [0.717, 1.165) is 15.5 Å². The van der Waals surface area contributed by atoms with Crippen LogP contribution in [-0.4, -0.2) is 15.0 Å². The van der Waals surface area contributed by atoms with Gasteiger partial charge in [0.05, 0.1) is 10.5 Å². The Hall–Kier alpha value is -0.610. The van der Waals surface area contributed by atoms with Crippen LogP contribution in [0.4, 0.5) is 0 Å². The van der Waals surface area contributed by atoms with E-state index in [-0.39, 0.29) is 0 Å². The highest BCUT2D eigenvalue weighted by Gasteiger charge is 2.07. The molecule has 0 bridgehead atoms. The fourth-order valence-electron chi connectivity index (χ4n) is 1.05. The maximum Gasteiger partial charge on any atom is 0.132 e. The molecule has 1 heterocycles. The van der Waals surface area contributed by atoms with E-state index in [4.69, 9.17) is 11.6 Å². The normalized spacial score (nSPS) is 10.9. The van der Waals surface area contributed by atoms with E-state index < -0.39 is 0 Å². The van der Waals surface area contributed by atoms with E-state index in [0.29, 0.717) is 5.02 Å². The Bertz CT molecular complexity index is 437. The molecule has 0 aliphatic rings. The van der Waals surface area contributed by atoms with Crippen LogP contribution in [0.5, 0.6) is 0 Å². The number of nitrogens with zero attached hydrogens (tertiary/aromatic N) is 3. The minimum absolute atomic E-state index is 0.612. The van der Waals surface area contributed by atoms with Gasteiger partial charge in [-0.05, 0) is 28.1 Å². The van der Waals surface area contributed by atoms with Gasteiger partial charge in [0.15, 0.2) is 0 Å². The highest BCUT2D eigenvalue weighted by Crippen LogP contribution is 2.28. The number of hydrogen-bond acceptors (Lipinski definition) is 2. The van der Waals surface area contributed by atoms with Crippen molar-refractivity contribution in [1.29, 1.82) is 0 Å². The molecule has 1 aromatic carbocycles. The molecule has 12 heavy (non-hydrogen) atoms. The van der Waals surface area contributed by atoms with Crippen molar-refractivity contribution in [2.45, 2.75) is 0 Å². The van der Waals surface area contributed by atoms with Gasteiger partial charge in [-0.2, -0.15) is 0 Å². The molecule has 2 rings (SSSR count). The lowest BCUT2D eigenvalue weighted by molar-refractivity contribution is 0.736. The topological polar surface area (TPSA) is 30.7 Å². The van der Waals surface area contributed by atoms with Crippen molar-refractivity contribution in [2.75, 3.05) is 0 Å². The van der Waals surface area contributed by atoms with Gasteiger partial charge in [-0.25, -0.2) is 4.68 Å². The van der Waals surface area contributed by atoms with E-state index in [2.05, 4.69) is 26.2 Å². The molecule has 0 aliphatic carbocycles. The smallest absolute Gasteiger partial charge is 0.132 e. The minimum Gasteiger partial charge on any atom is -0.248 e. The zero-order valence-electron chi connectivity index (χ0n) is 6.25. The average Bonchev–Trinajstić information content (AvgIpc) is 2.41. The van der Waals surface area contributed by atoms with Crippen LogP contribution in [0.3, 0.4) is 0 Å². The Morgan fingerprint density at radius 2 is 2.25 bits per heavy atom. The Labute approximate surface area is 82.4 Å². The van der Waals surface area contributed by atoms with Gasteiger partial charge in [0.1, 0.15) is 5.52 Å². The summed E-state index contributed by atoms with van der Waals surface area (Å²) in [6.45, 7) is 0. The molecule has 0 amide bonds. The Morgan fingerprint density at radius 1 is 1.50 bits per heavy atom. The summed E-state index contributed by atoms with van der Waals surface area (Å²) in [6, 6.07) is 3.80. The summed E-state index contributed by atoms with van der Waals surface area (Å²) in [7, 11) is 1.83. The van der Waals surface area contributed by atoms with E-state index in [9.17, 15) is 0 Å². The van der Waals surface area contributed by atoms with E-state index in [1.165, 1.54) is 0 Å². The third-order valence-corrected chi connectivity index (χ3v) is 2.95. The average molecular weight is 246 g/mol. The van der Waals surface area contributed by atoms with Gasteiger partial charge in [-0.3, -0.25) is 0 Å². The lowest BCUT2D eigenvalue weighted by atomic mass is 10.3. The number of fused-ring (bicyclic) bond motifs is 1. The fraction of sp³-hybridized carbons (Fsp3) is 0.143. The van der Waals surface area contributed by atoms with Gasteiger partial charge < -0.3 is 0 Å². The number of benzene rings is 1. The largest absolute Gasteiger partial charge is 0.248 e. The van der Waals surface area contributed by atoms with Gasteiger partial charge >= 0.3 is 0 Å². The summed E-state index contributed by atoms with van der Waals surface area (Å²) in [5.41, 5.74) is 1.66. The van der Waals surface area contributed by atoms with Crippen molar-refractivity contribution < 1.29 is 0 Å². The summed E-state index contributed by atoms with van der Waals surface area (Å²) in [4.78, 5) is 0. The number of halogens is 2. The summed E-state index contributed by atoms with van der Waals surface area (Å²) in [5, 5.41) is 8.40. The highest BCUT2D eigenvalue weighted by molar-refractivity contribution is 9.10. The lowest BCUT2D eigenvalue weighted by Gasteiger charge is -1.95. The zero-order chi connectivity index (χ0) is 8.72. The quantitative estimate of drug-likeness (QED) is 0.714. The SMILES string of the molecule is Cn1nnc2c(Cl)c(Br)ccc21. The highest BCUT2D eigenvalue weighted by atomic mass is 79.9. The first kappa shape index (κ1) is 8.01. The van der Waals surface area contributed by atoms with E-state index >= 15 is 0 Å². The van der Waals surface area contributed by atoms with Crippen LogP contribution in [-0.2, 0) is 7.05 Å². The second kappa shape index (κ2) is 2.71. The molecule has 0 atom stereocenters. The number of hydrogen-bond donors (Lipinski definition) is 0. The van der Waals surface area contributed by atoms with Crippen LogP contribution in [0.1, 0.15) is 0 Å². The van der Waals surface area contributed by atoms with Gasteiger partial charge in [0, 0.05) is 11.5 Å². The van der Waals surface area contributed by atoms with Gasteiger partial charge in [-0.15, -0.1) is 5.10 Å². The Morgan fingerprint density at radius 3 is 3.00 bits per heavy atom. The van der Waals surface area contributed by atoms with Crippen LogP contribution in [0.2, 0.25) is 5.02 Å². The summed E-state index contributed by atoms with van der Waals surface area (Å²) >= 11 is 9.29. The molecule has 0 N–H and O–H groups in total. The third kappa shape index (κ3) is 1.03. The molecule has 1 aromatic heterocycles. The maximum atomic E-state index is 5.98.